The molecule has 1 atom stereocenters. The molecule has 0 unspecified atom stereocenters. The molecule has 11 nitrogen and oxygen atoms in total. The molecular weight excluding hydrogens is 539 g/mol. The van der Waals surface area contributed by atoms with Gasteiger partial charge in [-0.3, -0.25) is 14.5 Å². The first kappa shape index (κ1) is 28.3. The Balaban J connectivity index is 1.93. The summed E-state index contributed by atoms with van der Waals surface area (Å²) >= 11 is 0. The number of halogens is 1. The Labute approximate surface area is 230 Å². The maximum atomic E-state index is 14.1. The van der Waals surface area contributed by atoms with Crippen LogP contribution in [-0.4, -0.2) is 68.5 Å². The van der Waals surface area contributed by atoms with Gasteiger partial charge in [-0.25, -0.2) is 17.6 Å². The zero-order chi connectivity index (χ0) is 29.2. The van der Waals surface area contributed by atoms with Gasteiger partial charge in [-0.15, -0.1) is 0 Å². The largest absolute Gasteiger partial charge is 0.353 e. The van der Waals surface area contributed by atoms with Crippen molar-refractivity contribution in [2.24, 2.45) is 0 Å². The summed E-state index contributed by atoms with van der Waals surface area (Å²) in [5.41, 5.74) is 0.764. The molecule has 0 spiro atoms. The quantitative estimate of drug-likeness (QED) is 0.564. The van der Waals surface area contributed by atoms with E-state index < -0.39 is 41.0 Å². The summed E-state index contributed by atoms with van der Waals surface area (Å²) in [4.78, 5) is 42.6. The number of nitrogens with zero attached hydrogens (tertiary/aromatic N) is 5. The van der Waals surface area contributed by atoms with E-state index in [2.05, 4.69) is 11.4 Å². The second-order valence-corrected chi connectivity index (χ2v) is 11.3. The highest BCUT2D eigenvalue weighted by atomic mass is 32.2. The fraction of sp³-hybridized carbons (Fsp3) is 0.296. The van der Waals surface area contributed by atoms with Crippen molar-refractivity contribution in [1.82, 2.24) is 15.1 Å². The van der Waals surface area contributed by atoms with Crippen LogP contribution in [0.5, 0.6) is 0 Å². The molecule has 0 aliphatic carbocycles. The van der Waals surface area contributed by atoms with E-state index in [0.717, 1.165) is 17.2 Å². The summed E-state index contributed by atoms with van der Waals surface area (Å²) in [6, 6.07) is 11.8. The first-order valence-electron chi connectivity index (χ1n) is 12.1. The van der Waals surface area contributed by atoms with Crippen LogP contribution in [0.3, 0.4) is 0 Å². The van der Waals surface area contributed by atoms with Crippen molar-refractivity contribution in [2.45, 2.75) is 24.5 Å². The van der Waals surface area contributed by atoms with Crippen molar-refractivity contribution in [1.29, 1.82) is 10.5 Å². The third-order valence-electron chi connectivity index (χ3n) is 6.72. The van der Waals surface area contributed by atoms with Crippen LogP contribution in [-0.2, 0) is 26.1 Å². The number of piperazine rings is 1. The van der Waals surface area contributed by atoms with E-state index in [-0.39, 0.29) is 64.1 Å². The van der Waals surface area contributed by atoms with Gasteiger partial charge in [-0.05, 0) is 42.3 Å². The van der Waals surface area contributed by atoms with Crippen molar-refractivity contribution in [2.75, 3.05) is 37.3 Å². The zero-order valence-electron chi connectivity index (χ0n) is 21.7. The van der Waals surface area contributed by atoms with Gasteiger partial charge in [-0.2, -0.15) is 10.5 Å². The Bertz CT molecular complexity index is 1620. The fourth-order valence-electron chi connectivity index (χ4n) is 4.81. The number of hydrogen-bond donors (Lipinski definition) is 1. The Morgan fingerprint density at radius 1 is 1.15 bits per heavy atom. The number of allylic oxidation sites excluding steroid dienone is 1. The standard InChI is InChI=1S/C27H25FN6O5S/c1-17-22(14-30)26(21-7-6-19(13-29)11-23(21)40(2,38)39)33(16-25(36)32-9-8-31-24(35)15-32)27(37)34(17)20-5-3-4-18(10-20)12-28/h3-7,10-11,26H,8-9,12,15-16H2,1-2H3,(H,31,35)/t26-/m1/s1. The first-order chi connectivity index (χ1) is 19.0. The fourth-order valence-corrected chi connectivity index (χ4v) is 5.76. The molecule has 40 heavy (non-hydrogen) atoms. The highest BCUT2D eigenvalue weighted by Gasteiger charge is 2.43. The minimum Gasteiger partial charge on any atom is -0.353 e. The maximum absolute atomic E-state index is 14.1. The topological polar surface area (TPSA) is 155 Å². The predicted octanol–water partition coefficient (Wildman–Crippen LogP) is 2.17. The Morgan fingerprint density at radius 3 is 2.52 bits per heavy atom. The molecule has 4 amide bonds. The molecule has 206 valence electrons. The number of amides is 4. The molecule has 0 aromatic heterocycles. The van der Waals surface area contributed by atoms with Crippen molar-refractivity contribution in [3.05, 3.63) is 70.4 Å². The summed E-state index contributed by atoms with van der Waals surface area (Å²) in [5, 5.41) is 22.3. The number of urea groups is 1. The van der Waals surface area contributed by atoms with Crippen LogP contribution in [0, 0.1) is 22.7 Å². The molecule has 0 radical (unpaired) electrons. The number of sulfone groups is 1. The molecule has 4 rings (SSSR count). The van der Waals surface area contributed by atoms with Gasteiger partial charge in [0.2, 0.25) is 11.8 Å². The van der Waals surface area contributed by atoms with Crippen LogP contribution in [0.15, 0.2) is 58.6 Å². The normalized spacial score (nSPS) is 17.8. The third-order valence-corrected chi connectivity index (χ3v) is 7.88. The van der Waals surface area contributed by atoms with E-state index in [1.165, 1.54) is 41.0 Å². The van der Waals surface area contributed by atoms with Crippen LogP contribution >= 0.6 is 0 Å². The summed E-state index contributed by atoms with van der Waals surface area (Å²) in [7, 11) is -3.96. The van der Waals surface area contributed by atoms with Crippen molar-refractivity contribution in [3.63, 3.8) is 0 Å². The molecular formula is C27H25FN6O5S. The Morgan fingerprint density at radius 2 is 1.90 bits per heavy atom. The van der Waals surface area contributed by atoms with Gasteiger partial charge in [0.25, 0.3) is 0 Å². The number of carbonyl (C=O) groups is 3. The van der Waals surface area contributed by atoms with Gasteiger partial charge < -0.3 is 15.1 Å². The van der Waals surface area contributed by atoms with Gasteiger partial charge in [0.1, 0.15) is 13.2 Å². The lowest BCUT2D eigenvalue weighted by atomic mass is 9.92. The van der Waals surface area contributed by atoms with Gasteiger partial charge in [0, 0.05) is 25.0 Å². The van der Waals surface area contributed by atoms with Crippen LogP contribution in [0.1, 0.15) is 29.7 Å². The van der Waals surface area contributed by atoms with Gasteiger partial charge in [0.15, 0.2) is 9.84 Å². The summed E-state index contributed by atoms with van der Waals surface area (Å²) in [6.45, 7) is 0.320. The molecule has 1 fully saturated rings. The second kappa shape index (κ2) is 11.2. The molecule has 2 aliphatic heterocycles. The zero-order valence-corrected chi connectivity index (χ0v) is 22.5. The number of rotatable bonds is 6. The number of nitrogens with one attached hydrogen (secondary N) is 1. The summed E-state index contributed by atoms with van der Waals surface area (Å²) in [5.74, 6) is -0.956. The van der Waals surface area contributed by atoms with Crippen molar-refractivity contribution >= 4 is 33.4 Å². The Hall–Kier alpha value is -4.75. The Kier molecular flexibility index (Phi) is 7.89. The van der Waals surface area contributed by atoms with Crippen LogP contribution in [0.2, 0.25) is 0 Å². The number of anilines is 1. The lowest BCUT2D eigenvalue weighted by Crippen LogP contribution is -2.56. The van der Waals surface area contributed by atoms with E-state index >= 15 is 0 Å². The van der Waals surface area contributed by atoms with Crippen molar-refractivity contribution < 1.29 is 27.2 Å². The van der Waals surface area contributed by atoms with Crippen molar-refractivity contribution in [3.8, 4) is 12.1 Å². The lowest BCUT2D eigenvalue weighted by molar-refractivity contribution is -0.138. The molecule has 1 saturated heterocycles. The molecule has 2 aromatic carbocycles. The maximum Gasteiger partial charge on any atom is 0.330 e. The smallest absolute Gasteiger partial charge is 0.330 e. The van der Waals surface area contributed by atoms with Gasteiger partial charge >= 0.3 is 6.03 Å². The molecule has 0 saturated carbocycles. The van der Waals surface area contributed by atoms with Gasteiger partial charge in [0.05, 0.1) is 46.4 Å². The SMILES string of the molecule is CC1=C(C#N)[C@@H](c2ccc(C#N)cc2S(C)(=O)=O)N(CC(=O)N2CCNC(=O)C2)C(=O)N1c1cccc(CF)c1. The molecule has 13 heteroatoms. The van der Waals surface area contributed by atoms with Crippen LogP contribution in [0.4, 0.5) is 14.9 Å². The van der Waals surface area contributed by atoms with E-state index in [4.69, 9.17) is 0 Å². The van der Waals surface area contributed by atoms with E-state index in [1.54, 1.807) is 12.1 Å². The number of alkyl halides is 1. The van der Waals surface area contributed by atoms with E-state index in [9.17, 15) is 37.7 Å². The minimum absolute atomic E-state index is 0.0240. The number of hydrogen-bond acceptors (Lipinski definition) is 7. The van der Waals surface area contributed by atoms with E-state index in [0.29, 0.717) is 0 Å². The summed E-state index contributed by atoms with van der Waals surface area (Å²) in [6.07, 6.45) is 0.941. The average molecular weight is 565 g/mol. The van der Waals surface area contributed by atoms with Crippen LogP contribution < -0.4 is 10.2 Å². The number of nitriles is 2. The lowest BCUT2D eigenvalue weighted by Gasteiger charge is -2.42. The first-order valence-corrected chi connectivity index (χ1v) is 14.0. The predicted molar refractivity (Wildman–Crippen MR) is 141 cm³/mol. The highest BCUT2D eigenvalue weighted by molar-refractivity contribution is 7.90. The summed E-state index contributed by atoms with van der Waals surface area (Å²) < 4.78 is 39.1. The van der Waals surface area contributed by atoms with Gasteiger partial charge in [-0.1, -0.05) is 18.2 Å². The second-order valence-electron chi connectivity index (χ2n) is 9.36. The van der Waals surface area contributed by atoms with Crippen LogP contribution in [0.25, 0.3) is 0 Å². The highest BCUT2D eigenvalue weighted by Crippen LogP contribution is 2.41. The molecule has 1 N–H and O–H groups in total. The minimum atomic E-state index is -3.96. The number of carbonyl (C=O) groups excluding carboxylic acids is 3. The molecule has 0 bridgehead atoms. The third kappa shape index (κ3) is 5.37. The van der Waals surface area contributed by atoms with E-state index in [1.807, 2.05) is 6.07 Å². The monoisotopic (exact) mass is 564 g/mol. The molecule has 2 aliphatic rings. The number of benzene rings is 2. The molecule has 2 aromatic rings. The average Bonchev–Trinajstić information content (AvgIpc) is 2.93. The molecule has 2 heterocycles.